The van der Waals surface area contributed by atoms with E-state index in [1.807, 2.05) is 35.2 Å². The van der Waals surface area contributed by atoms with Gasteiger partial charge >= 0.3 is 0 Å². The second-order valence-electron chi connectivity index (χ2n) is 5.96. The molecular formula is C18H17Br2N3O2S. The normalized spacial score (nSPS) is 17.6. The second kappa shape index (κ2) is 8.19. The predicted octanol–water partition coefficient (Wildman–Crippen LogP) is 3.78. The Morgan fingerprint density at radius 1 is 1.00 bits per heavy atom. The third kappa shape index (κ3) is 4.02. The molecular weight excluding hydrogens is 482 g/mol. The third-order valence-corrected chi connectivity index (χ3v) is 7.77. The van der Waals surface area contributed by atoms with Crippen LogP contribution in [0.4, 0.5) is 0 Å². The fourth-order valence-electron chi connectivity index (χ4n) is 3.02. The monoisotopic (exact) mass is 497 g/mol. The van der Waals surface area contributed by atoms with Gasteiger partial charge in [-0.25, -0.2) is 8.42 Å². The molecule has 3 rings (SSSR count). The van der Waals surface area contributed by atoms with E-state index in [-0.39, 0.29) is 10.9 Å². The Bertz CT molecular complexity index is 921. The molecule has 1 fully saturated rings. The molecule has 0 spiro atoms. The largest absolute Gasteiger partial charge is 0.282 e. The van der Waals surface area contributed by atoms with Gasteiger partial charge in [-0.3, -0.25) is 4.90 Å². The van der Waals surface area contributed by atoms with Crippen LogP contribution in [0.25, 0.3) is 0 Å². The summed E-state index contributed by atoms with van der Waals surface area (Å²) in [6.07, 6.45) is 0. The molecule has 0 N–H and O–H groups in total. The zero-order chi connectivity index (χ0) is 18.7. The van der Waals surface area contributed by atoms with Crippen molar-refractivity contribution in [3.8, 4) is 6.07 Å². The summed E-state index contributed by atoms with van der Waals surface area (Å²) in [4.78, 5) is 2.28. The van der Waals surface area contributed by atoms with Crippen LogP contribution in [-0.4, -0.2) is 43.8 Å². The summed E-state index contributed by atoms with van der Waals surface area (Å²) < 4.78 is 28.7. The van der Waals surface area contributed by atoms with Gasteiger partial charge in [0.25, 0.3) is 0 Å². The standard InChI is InChI=1S/C18H17Br2N3O2S/c19-15-6-7-16(20)18(12-15)26(24,25)23-10-8-22(9-11-23)17(13-21)14-4-2-1-3-5-14/h1-7,12,17H,8-11H2. The van der Waals surface area contributed by atoms with Gasteiger partial charge in [0.15, 0.2) is 0 Å². The first-order chi connectivity index (χ1) is 12.4. The Kier molecular flexibility index (Phi) is 6.15. The molecule has 26 heavy (non-hydrogen) atoms. The van der Waals surface area contributed by atoms with Gasteiger partial charge in [0, 0.05) is 35.1 Å². The van der Waals surface area contributed by atoms with Gasteiger partial charge in [0.1, 0.15) is 6.04 Å². The molecule has 0 radical (unpaired) electrons. The highest BCUT2D eigenvalue weighted by Gasteiger charge is 2.32. The number of hydrogen-bond acceptors (Lipinski definition) is 4. The van der Waals surface area contributed by atoms with E-state index in [4.69, 9.17) is 0 Å². The summed E-state index contributed by atoms with van der Waals surface area (Å²) in [6.45, 7) is 1.73. The Balaban J connectivity index is 1.76. The van der Waals surface area contributed by atoms with E-state index in [1.165, 1.54) is 4.31 Å². The van der Waals surface area contributed by atoms with Crippen LogP contribution in [-0.2, 0) is 10.0 Å². The molecule has 8 heteroatoms. The Morgan fingerprint density at radius 2 is 1.65 bits per heavy atom. The molecule has 1 aliphatic heterocycles. The minimum atomic E-state index is -3.59. The highest BCUT2D eigenvalue weighted by atomic mass is 79.9. The zero-order valence-corrected chi connectivity index (χ0v) is 17.8. The summed E-state index contributed by atoms with van der Waals surface area (Å²) in [5.41, 5.74) is 0.932. The van der Waals surface area contributed by atoms with Crippen LogP contribution in [0.3, 0.4) is 0 Å². The molecule has 0 amide bonds. The fraction of sp³-hybridized carbons (Fsp3) is 0.278. The molecule has 1 heterocycles. The molecule has 2 aromatic rings. The third-order valence-electron chi connectivity index (χ3n) is 4.39. The van der Waals surface area contributed by atoms with Gasteiger partial charge in [-0.15, -0.1) is 0 Å². The van der Waals surface area contributed by atoms with E-state index in [2.05, 4.69) is 37.9 Å². The highest BCUT2D eigenvalue weighted by molar-refractivity contribution is 9.11. The van der Waals surface area contributed by atoms with Gasteiger partial charge in [-0.1, -0.05) is 46.3 Å². The number of nitriles is 1. The van der Waals surface area contributed by atoms with Gasteiger partial charge in [0.2, 0.25) is 10.0 Å². The van der Waals surface area contributed by atoms with Crippen LogP contribution >= 0.6 is 31.9 Å². The molecule has 5 nitrogen and oxygen atoms in total. The Hall–Kier alpha value is -1.24. The lowest BCUT2D eigenvalue weighted by molar-refractivity contribution is 0.162. The maximum Gasteiger partial charge on any atom is 0.244 e. The Morgan fingerprint density at radius 3 is 2.27 bits per heavy atom. The average Bonchev–Trinajstić information content (AvgIpc) is 2.65. The summed E-state index contributed by atoms with van der Waals surface area (Å²) in [5.74, 6) is 0. The molecule has 0 saturated carbocycles. The molecule has 2 aromatic carbocycles. The van der Waals surface area contributed by atoms with Crippen molar-refractivity contribution in [2.45, 2.75) is 10.9 Å². The van der Waals surface area contributed by atoms with Gasteiger partial charge in [-0.2, -0.15) is 9.57 Å². The molecule has 1 atom stereocenters. The fourth-order valence-corrected chi connectivity index (χ4v) is 5.90. The summed E-state index contributed by atoms with van der Waals surface area (Å²) in [7, 11) is -3.59. The highest BCUT2D eigenvalue weighted by Crippen LogP contribution is 2.30. The maximum absolute atomic E-state index is 13.0. The molecule has 1 aliphatic rings. The SMILES string of the molecule is N#CC(c1ccccc1)N1CCN(S(=O)(=O)c2cc(Br)ccc2Br)CC1. The number of hydrogen-bond donors (Lipinski definition) is 0. The minimum absolute atomic E-state index is 0.250. The van der Waals surface area contributed by atoms with Crippen molar-refractivity contribution in [2.75, 3.05) is 26.2 Å². The summed E-state index contributed by atoms with van der Waals surface area (Å²) >= 11 is 6.66. The van der Waals surface area contributed by atoms with E-state index < -0.39 is 10.0 Å². The number of halogens is 2. The van der Waals surface area contributed by atoms with E-state index >= 15 is 0 Å². The lowest BCUT2D eigenvalue weighted by Crippen LogP contribution is -2.49. The number of benzene rings is 2. The second-order valence-corrected chi connectivity index (χ2v) is 9.63. The molecule has 0 aromatic heterocycles. The van der Waals surface area contributed by atoms with E-state index in [0.29, 0.717) is 35.1 Å². The van der Waals surface area contributed by atoms with Crippen LogP contribution in [0.1, 0.15) is 11.6 Å². The molecule has 0 bridgehead atoms. The van der Waals surface area contributed by atoms with Crippen molar-refractivity contribution in [2.24, 2.45) is 0 Å². The van der Waals surface area contributed by atoms with Crippen LogP contribution in [0.2, 0.25) is 0 Å². The number of piperazine rings is 1. The minimum Gasteiger partial charge on any atom is -0.282 e. The van der Waals surface area contributed by atoms with Gasteiger partial charge in [-0.05, 0) is 39.7 Å². The average molecular weight is 499 g/mol. The summed E-state index contributed by atoms with van der Waals surface area (Å²) in [6, 6.07) is 16.7. The first-order valence-corrected chi connectivity index (χ1v) is 11.1. The predicted molar refractivity (Wildman–Crippen MR) is 107 cm³/mol. The van der Waals surface area contributed by atoms with Crippen molar-refractivity contribution in [1.82, 2.24) is 9.21 Å². The van der Waals surface area contributed by atoms with Gasteiger partial charge < -0.3 is 0 Å². The van der Waals surface area contributed by atoms with E-state index in [0.717, 1.165) is 5.56 Å². The van der Waals surface area contributed by atoms with E-state index in [9.17, 15) is 13.7 Å². The first kappa shape index (κ1) is 19.5. The molecule has 0 aliphatic carbocycles. The quantitative estimate of drug-likeness (QED) is 0.643. The van der Waals surface area contributed by atoms with Gasteiger partial charge in [0.05, 0.1) is 11.0 Å². The molecule has 1 saturated heterocycles. The lowest BCUT2D eigenvalue weighted by atomic mass is 10.1. The first-order valence-electron chi connectivity index (χ1n) is 8.07. The topological polar surface area (TPSA) is 64.4 Å². The van der Waals surface area contributed by atoms with Crippen molar-refractivity contribution < 1.29 is 8.42 Å². The lowest BCUT2D eigenvalue weighted by Gasteiger charge is -2.36. The van der Waals surface area contributed by atoms with Crippen molar-refractivity contribution in [3.05, 3.63) is 63.0 Å². The maximum atomic E-state index is 13.0. The van der Waals surface area contributed by atoms with Crippen molar-refractivity contribution in [3.63, 3.8) is 0 Å². The van der Waals surface area contributed by atoms with E-state index in [1.54, 1.807) is 18.2 Å². The van der Waals surface area contributed by atoms with Crippen molar-refractivity contribution in [1.29, 1.82) is 5.26 Å². The van der Waals surface area contributed by atoms with Crippen LogP contribution in [0, 0.1) is 11.3 Å². The van der Waals surface area contributed by atoms with Crippen LogP contribution < -0.4 is 0 Å². The number of sulfonamides is 1. The summed E-state index contributed by atoms with van der Waals surface area (Å²) in [5, 5.41) is 9.57. The van der Waals surface area contributed by atoms with Crippen LogP contribution in [0.5, 0.6) is 0 Å². The molecule has 136 valence electrons. The van der Waals surface area contributed by atoms with Crippen molar-refractivity contribution >= 4 is 41.9 Å². The smallest absolute Gasteiger partial charge is 0.244 e. The number of rotatable bonds is 4. The zero-order valence-electron chi connectivity index (χ0n) is 13.8. The molecule has 1 unspecified atom stereocenters. The van der Waals surface area contributed by atoms with Crippen LogP contribution in [0.15, 0.2) is 62.4 Å². The Labute approximate surface area is 170 Å². The number of nitrogens with zero attached hydrogens (tertiary/aromatic N) is 3.